The van der Waals surface area contributed by atoms with Crippen LogP contribution in [0, 0.1) is 13.8 Å². The zero-order chi connectivity index (χ0) is 15.9. The molecule has 1 heterocycles. The number of aryl methyl sites for hydroxylation is 2. The van der Waals surface area contributed by atoms with Gasteiger partial charge in [0.05, 0.1) is 12.2 Å². The second kappa shape index (κ2) is 8.63. The number of rotatable bonds is 7. The summed E-state index contributed by atoms with van der Waals surface area (Å²) in [5, 5.41) is 19.2. The molecule has 1 atom stereocenters. The molecule has 0 aliphatic carbocycles. The Morgan fingerprint density at radius 2 is 1.82 bits per heavy atom. The van der Waals surface area contributed by atoms with Gasteiger partial charge in [0.25, 0.3) is 0 Å². The lowest BCUT2D eigenvalue weighted by atomic mass is 10.0. The molecule has 4 nitrogen and oxygen atoms in total. The Kier molecular flexibility index (Phi) is 6.83. The molecule has 2 rings (SSSR count). The maximum Gasteiger partial charge on any atom is 0.0917 e. The number of likely N-dealkylation sites (tertiary alicyclic amines) is 1. The fourth-order valence-corrected chi connectivity index (χ4v) is 3.13. The van der Waals surface area contributed by atoms with Gasteiger partial charge in [0.15, 0.2) is 0 Å². The average molecular weight is 307 g/mol. The predicted molar refractivity (Wildman–Crippen MR) is 88.0 cm³/mol. The van der Waals surface area contributed by atoms with Crippen molar-refractivity contribution >= 4 is 0 Å². The van der Waals surface area contributed by atoms with E-state index >= 15 is 0 Å². The summed E-state index contributed by atoms with van der Waals surface area (Å²) >= 11 is 0. The van der Waals surface area contributed by atoms with Crippen LogP contribution in [0.2, 0.25) is 0 Å². The molecule has 1 aromatic rings. The second-order valence-corrected chi connectivity index (χ2v) is 6.38. The van der Waals surface area contributed by atoms with Crippen molar-refractivity contribution in [2.45, 2.75) is 45.3 Å². The van der Waals surface area contributed by atoms with Crippen LogP contribution in [0.3, 0.4) is 0 Å². The van der Waals surface area contributed by atoms with E-state index in [0.29, 0.717) is 25.7 Å². The second-order valence-electron chi connectivity index (χ2n) is 6.38. The summed E-state index contributed by atoms with van der Waals surface area (Å²) in [6.45, 7) is 7.59. The molecule has 0 aromatic heterocycles. The summed E-state index contributed by atoms with van der Waals surface area (Å²) in [6, 6.07) is 6.27. The highest BCUT2D eigenvalue weighted by atomic mass is 16.5. The molecule has 1 aliphatic rings. The van der Waals surface area contributed by atoms with Gasteiger partial charge in [0.2, 0.25) is 0 Å². The summed E-state index contributed by atoms with van der Waals surface area (Å²) in [5.41, 5.74) is 3.41. The minimum atomic E-state index is -0.426. The molecule has 1 saturated heterocycles. The van der Waals surface area contributed by atoms with Gasteiger partial charge in [0, 0.05) is 32.8 Å². The molecule has 4 heteroatoms. The van der Waals surface area contributed by atoms with E-state index < -0.39 is 6.10 Å². The minimum Gasteiger partial charge on any atom is -0.396 e. The lowest BCUT2D eigenvalue weighted by Gasteiger charge is -2.33. The first-order valence-corrected chi connectivity index (χ1v) is 8.29. The van der Waals surface area contributed by atoms with E-state index in [0.717, 1.165) is 31.5 Å². The van der Waals surface area contributed by atoms with E-state index in [1.807, 2.05) is 0 Å². The highest BCUT2D eigenvalue weighted by molar-refractivity contribution is 5.30. The molecule has 22 heavy (non-hydrogen) atoms. The third kappa shape index (κ3) is 5.36. The topological polar surface area (TPSA) is 52.9 Å². The minimum absolute atomic E-state index is 0.195. The number of aliphatic hydroxyl groups excluding tert-OH is 2. The van der Waals surface area contributed by atoms with Crippen LogP contribution < -0.4 is 0 Å². The van der Waals surface area contributed by atoms with Gasteiger partial charge >= 0.3 is 0 Å². The quantitative estimate of drug-likeness (QED) is 0.758. The van der Waals surface area contributed by atoms with E-state index in [1.165, 1.54) is 11.1 Å². The van der Waals surface area contributed by atoms with Crippen molar-refractivity contribution in [1.82, 2.24) is 4.90 Å². The Morgan fingerprint density at radius 1 is 1.18 bits per heavy atom. The third-order valence-electron chi connectivity index (χ3n) is 4.25. The third-order valence-corrected chi connectivity index (χ3v) is 4.25. The van der Waals surface area contributed by atoms with E-state index in [9.17, 15) is 5.11 Å². The Balaban J connectivity index is 1.77. The van der Waals surface area contributed by atoms with Gasteiger partial charge < -0.3 is 19.8 Å². The number of benzene rings is 1. The first-order valence-electron chi connectivity index (χ1n) is 8.29. The van der Waals surface area contributed by atoms with Gasteiger partial charge in [-0.05, 0) is 38.7 Å². The van der Waals surface area contributed by atoms with Crippen molar-refractivity contribution in [3.63, 3.8) is 0 Å². The Hall–Kier alpha value is -0.940. The number of hydrogen-bond donors (Lipinski definition) is 2. The van der Waals surface area contributed by atoms with Crippen LogP contribution in [-0.2, 0) is 4.74 Å². The number of ether oxygens (including phenoxy) is 1. The largest absolute Gasteiger partial charge is 0.396 e. The van der Waals surface area contributed by atoms with E-state index in [-0.39, 0.29) is 6.61 Å². The molecule has 0 bridgehead atoms. The Morgan fingerprint density at radius 3 is 2.41 bits per heavy atom. The van der Waals surface area contributed by atoms with Crippen LogP contribution in [0.4, 0.5) is 0 Å². The summed E-state index contributed by atoms with van der Waals surface area (Å²) in [6.07, 6.45) is 2.60. The highest BCUT2D eigenvalue weighted by Gasteiger charge is 2.22. The van der Waals surface area contributed by atoms with E-state index in [1.54, 1.807) is 0 Å². The summed E-state index contributed by atoms with van der Waals surface area (Å²) in [5.74, 6) is 0. The summed E-state index contributed by atoms with van der Waals surface area (Å²) in [7, 11) is 0. The van der Waals surface area contributed by atoms with Crippen LogP contribution in [0.15, 0.2) is 18.2 Å². The average Bonchev–Trinajstić information content (AvgIpc) is 2.48. The zero-order valence-corrected chi connectivity index (χ0v) is 13.8. The van der Waals surface area contributed by atoms with Crippen LogP contribution in [0.5, 0.6) is 0 Å². The van der Waals surface area contributed by atoms with Crippen molar-refractivity contribution < 1.29 is 14.9 Å². The summed E-state index contributed by atoms with van der Waals surface area (Å²) < 4.78 is 5.74. The number of aliphatic hydroxyl groups is 2. The Bertz CT molecular complexity index is 435. The standard InChI is InChI=1S/C18H29NO3/c1-14-10-15(2)12-16(11-14)18(21)13-19-6-4-17(5-7-19)22-9-3-8-20/h10-12,17-18,20-21H,3-9,13H2,1-2H3. The zero-order valence-electron chi connectivity index (χ0n) is 13.8. The van der Waals surface area contributed by atoms with Gasteiger partial charge in [-0.3, -0.25) is 0 Å². The molecule has 1 fully saturated rings. The van der Waals surface area contributed by atoms with Gasteiger partial charge in [-0.2, -0.15) is 0 Å². The summed E-state index contributed by atoms with van der Waals surface area (Å²) in [4.78, 5) is 2.31. The number of hydrogen-bond acceptors (Lipinski definition) is 4. The molecule has 1 aromatic carbocycles. The van der Waals surface area contributed by atoms with Gasteiger partial charge in [-0.25, -0.2) is 0 Å². The molecular weight excluding hydrogens is 278 g/mol. The fraction of sp³-hybridized carbons (Fsp3) is 0.667. The first-order chi connectivity index (χ1) is 10.6. The van der Waals surface area contributed by atoms with E-state index in [2.05, 4.69) is 36.9 Å². The molecular formula is C18H29NO3. The van der Waals surface area contributed by atoms with Gasteiger partial charge in [-0.15, -0.1) is 0 Å². The molecule has 124 valence electrons. The maximum atomic E-state index is 10.5. The van der Waals surface area contributed by atoms with Crippen molar-refractivity contribution in [1.29, 1.82) is 0 Å². The molecule has 1 aliphatic heterocycles. The van der Waals surface area contributed by atoms with E-state index in [4.69, 9.17) is 9.84 Å². The van der Waals surface area contributed by atoms with Crippen LogP contribution in [-0.4, -0.2) is 54.1 Å². The van der Waals surface area contributed by atoms with Crippen LogP contribution in [0.1, 0.15) is 42.1 Å². The number of nitrogens with zero attached hydrogens (tertiary/aromatic N) is 1. The lowest BCUT2D eigenvalue weighted by Crippen LogP contribution is -2.39. The molecule has 2 N–H and O–H groups in total. The normalized spacial score (nSPS) is 18.5. The van der Waals surface area contributed by atoms with Crippen LogP contribution in [0.25, 0.3) is 0 Å². The van der Waals surface area contributed by atoms with Crippen LogP contribution >= 0.6 is 0 Å². The van der Waals surface area contributed by atoms with Crippen molar-refractivity contribution in [3.8, 4) is 0 Å². The van der Waals surface area contributed by atoms with Crippen molar-refractivity contribution in [2.24, 2.45) is 0 Å². The van der Waals surface area contributed by atoms with Crippen molar-refractivity contribution in [3.05, 3.63) is 34.9 Å². The SMILES string of the molecule is Cc1cc(C)cc(C(O)CN2CCC(OCCCO)CC2)c1. The highest BCUT2D eigenvalue weighted by Crippen LogP contribution is 2.21. The molecule has 0 saturated carbocycles. The molecule has 0 amide bonds. The van der Waals surface area contributed by atoms with Gasteiger partial charge in [-0.1, -0.05) is 29.3 Å². The smallest absolute Gasteiger partial charge is 0.0917 e. The lowest BCUT2D eigenvalue weighted by molar-refractivity contribution is -0.00650. The Labute approximate surface area is 133 Å². The number of piperidine rings is 1. The first kappa shape index (κ1) is 17.4. The molecule has 1 unspecified atom stereocenters. The predicted octanol–water partition coefficient (Wildman–Crippen LogP) is 2.20. The monoisotopic (exact) mass is 307 g/mol. The maximum absolute atomic E-state index is 10.5. The molecule has 0 spiro atoms. The fourth-order valence-electron chi connectivity index (χ4n) is 3.13. The molecule has 0 radical (unpaired) electrons. The van der Waals surface area contributed by atoms with Crippen molar-refractivity contribution in [2.75, 3.05) is 32.8 Å². The number of β-amino-alcohol motifs (C(OH)–C–C–N with tert-alkyl or cyclic N) is 1. The van der Waals surface area contributed by atoms with Gasteiger partial charge in [0.1, 0.15) is 0 Å².